The summed E-state index contributed by atoms with van der Waals surface area (Å²) in [6, 6.07) is 15.0. The van der Waals surface area contributed by atoms with E-state index < -0.39 is 0 Å². The highest BCUT2D eigenvalue weighted by Crippen LogP contribution is 2.35. The summed E-state index contributed by atoms with van der Waals surface area (Å²) >= 11 is 0. The number of para-hydroxylation sites is 1. The lowest BCUT2D eigenvalue weighted by molar-refractivity contribution is 0.415. The van der Waals surface area contributed by atoms with Gasteiger partial charge in [0.2, 0.25) is 0 Å². The Morgan fingerprint density at radius 3 is 2.70 bits per heavy atom. The maximum atomic E-state index is 5.24. The molecule has 0 N–H and O–H groups in total. The molecule has 0 spiro atoms. The topological polar surface area (TPSA) is 14.2 Å². The van der Waals surface area contributed by atoms with E-state index in [9.17, 15) is 0 Å². The molecule has 0 atom stereocenters. The van der Waals surface area contributed by atoms with E-state index in [4.69, 9.17) is 4.74 Å². The Balaban J connectivity index is 1.94. The highest BCUT2D eigenvalue weighted by Gasteiger charge is 2.16. The fraction of sp³-hybridized carbons (Fsp3) is 0.222. The molecule has 0 fully saturated rings. The van der Waals surface area contributed by atoms with E-state index in [1.54, 1.807) is 7.11 Å². The van der Waals surface area contributed by atoms with Gasteiger partial charge in [-0.3, -0.25) is 0 Å². The number of ether oxygens (including phenoxy) is 1. The molecule has 0 radical (unpaired) electrons. The molecule has 0 amide bonds. The van der Waals surface area contributed by atoms with Crippen LogP contribution in [0.5, 0.6) is 5.75 Å². The molecule has 4 rings (SSSR count). The normalized spacial score (nSPS) is 13.7. The van der Waals surface area contributed by atoms with Crippen LogP contribution in [0.3, 0.4) is 0 Å². The third kappa shape index (κ3) is 1.64. The standard InChI is InChI=1S/C18H17NO/c1-20-15-9-7-13(8-10-15)17-12-19-11-3-5-14-4-2-6-16(17)18(14)19/h2,4,6-10,12H,3,5,11H2,1H3. The van der Waals surface area contributed by atoms with Gasteiger partial charge in [0.1, 0.15) is 5.75 Å². The lowest BCUT2D eigenvalue weighted by atomic mass is 10.00. The number of aryl methyl sites for hydroxylation is 2. The van der Waals surface area contributed by atoms with Crippen molar-refractivity contribution in [3.63, 3.8) is 0 Å². The van der Waals surface area contributed by atoms with Gasteiger partial charge in [0, 0.05) is 23.7 Å². The Morgan fingerprint density at radius 1 is 1.05 bits per heavy atom. The van der Waals surface area contributed by atoms with E-state index in [0.717, 1.165) is 12.3 Å². The first-order valence-electron chi connectivity index (χ1n) is 7.12. The molecular formula is C18H17NO. The van der Waals surface area contributed by atoms with E-state index in [1.807, 2.05) is 12.1 Å². The summed E-state index contributed by atoms with van der Waals surface area (Å²) in [7, 11) is 1.70. The summed E-state index contributed by atoms with van der Waals surface area (Å²) < 4.78 is 7.65. The average molecular weight is 263 g/mol. The average Bonchev–Trinajstić information content (AvgIpc) is 2.89. The second kappa shape index (κ2) is 4.41. The van der Waals surface area contributed by atoms with Gasteiger partial charge >= 0.3 is 0 Å². The number of hydrogen-bond acceptors (Lipinski definition) is 1. The minimum atomic E-state index is 0.905. The number of nitrogens with zero attached hydrogens (tertiary/aromatic N) is 1. The minimum absolute atomic E-state index is 0.905. The Hall–Kier alpha value is -2.22. The maximum absolute atomic E-state index is 5.24. The number of methoxy groups -OCH3 is 1. The fourth-order valence-electron chi connectivity index (χ4n) is 3.26. The third-order valence-corrected chi connectivity index (χ3v) is 4.23. The highest BCUT2D eigenvalue weighted by molar-refractivity contribution is 5.98. The summed E-state index contributed by atoms with van der Waals surface area (Å²) in [5.74, 6) is 0.905. The molecule has 1 aromatic heterocycles. The predicted octanol–water partition coefficient (Wildman–Crippen LogP) is 4.26. The summed E-state index contributed by atoms with van der Waals surface area (Å²) in [6.45, 7) is 1.13. The van der Waals surface area contributed by atoms with Crippen molar-refractivity contribution >= 4 is 10.9 Å². The van der Waals surface area contributed by atoms with E-state index >= 15 is 0 Å². The van der Waals surface area contributed by atoms with Gasteiger partial charge in [0.25, 0.3) is 0 Å². The lowest BCUT2D eigenvalue weighted by Crippen LogP contribution is -2.05. The van der Waals surface area contributed by atoms with Gasteiger partial charge in [-0.25, -0.2) is 0 Å². The summed E-state index contributed by atoms with van der Waals surface area (Å²) in [5.41, 5.74) is 5.48. The molecule has 0 saturated carbocycles. The van der Waals surface area contributed by atoms with Crippen LogP contribution in [0.25, 0.3) is 22.0 Å². The largest absolute Gasteiger partial charge is 0.497 e. The molecule has 0 aliphatic carbocycles. The first-order valence-corrected chi connectivity index (χ1v) is 7.12. The first kappa shape index (κ1) is 11.6. The van der Waals surface area contributed by atoms with Crippen molar-refractivity contribution in [3.05, 3.63) is 54.2 Å². The van der Waals surface area contributed by atoms with Crippen molar-refractivity contribution in [1.29, 1.82) is 0 Å². The highest BCUT2D eigenvalue weighted by atomic mass is 16.5. The van der Waals surface area contributed by atoms with Gasteiger partial charge in [-0.1, -0.05) is 30.3 Å². The van der Waals surface area contributed by atoms with Crippen LogP contribution in [0.1, 0.15) is 12.0 Å². The molecule has 0 unspecified atom stereocenters. The van der Waals surface area contributed by atoms with Crippen molar-refractivity contribution in [2.24, 2.45) is 0 Å². The number of rotatable bonds is 2. The van der Waals surface area contributed by atoms with Gasteiger partial charge in [-0.15, -0.1) is 0 Å². The molecule has 2 nitrogen and oxygen atoms in total. The molecule has 2 heteroatoms. The molecule has 0 saturated heterocycles. The second-order valence-corrected chi connectivity index (χ2v) is 5.38. The molecule has 1 aliphatic rings. The van der Waals surface area contributed by atoms with Crippen LogP contribution in [-0.4, -0.2) is 11.7 Å². The number of benzene rings is 2. The zero-order valence-electron chi connectivity index (χ0n) is 11.6. The number of hydrogen-bond donors (Lipinski definition) is 0. The van der Waals surface area contributed by atoms with Crippen LogP contribution in [0.4, 0.5) is 0 Å². The van der Waals surface area contributed by atoms with Crippen LogP contribution in [0.15, 0.2) is 48.7 Å². The fourth-order valence-corrected chi connectivity index (χ4v) is 3.26. The quantitative estimate of drug-likeness (QED) is 0.673. The molecule has 1 aliphatic heterocycles. The van der Waals surface area contributed by atoms with Crippen LogP contribution < -0.4 is 4.74 Å². The molecule has 100 valence electrons. The van der Waals surface area contributed by atoms with Crippen molar-refractivity contribution in [1.82, 2.24) is 4.57 Å². The van der Waals surface area contributed by atoms with E-state index in [0.29, 0.717) is 0 Å². The van der Waals surface area contributed by atoms with Crippen molar-refractivity contribution < 1.29 is 4.74 Å². The third-order valence-electron chi connectivity index (χ3n) is 4.23. The van der Waals surface area contributed by atoms with E-state index in [1.165, 1.54) is 40.4 Å². The first-order chi connectivity index (χ1) is 9.86. The monoisotopic (exact) mass is 263 g/mol. The molecule has 0 bridgehead atoms. The molecule has 3 aromatic rings. The SMILES string of the molecule is COc1ccc(-c2cn3c4c(cccc24)CCC3)cc1. The summed E-state index contributed by atoms with van der Waals surface area (Å²) in [5, 5.41) is 1.37. The van der Waals surface area contributed by atoms with Gasteiger partial charge in [-0.05, 0) is 36.1 Å². The van der Waals surface area contributed by atoms with Gasteiger partial charge < -0.3 is 9.30 Å². The van der Waals surface area contributed by atoms with Crippen molar-refractivity contribution in [3.8, 4) is 16.9 Å². The van der Waals surface area contributed by atoms with E-state index in [-0.39, 0.29) is 0 Å². The molecule has 2 aromatic carbocycles. The smallest absolute Gasteiger partial charge is 0.118 e. The second-order valence-electron chi connectivity index (χ2n) is 5.38. The van der Waals surface area contributed by atoms with Gasteiger partial charge in [0.15, 0.2) is 0 Å². The Labute approximate surface area is 118 Å². The lowest BCUT2D eigenvalue weighted by Gasteiger charge is -2.14. The minimum Gasteiger partial charge on any atom is -0.497 e. The number of aromatic nitrogens is 1. The summed E-state index contributed by atoms with van der Waals surface area (Å²) in [6.07, 6.45) is 4.74. The van der Waals surface area contributed by atoms with Crippen LogP contribution in [0, 0.1) is 0 Å². The Bertz CT molecular complexity index is 768. The van der Waals surface area contributed by atoms with Gasteiger partial charge in [-0.2, -0.15) is 0 Å². The van der Waals surface area contributed by atoms with E-state index in [2.05, 4.69) is 41.1 Å². The van der Waals surface area contributed by atoms with Crippen LogP contribution in [0.2, 0.25) is 0 Å². The van der Waals surface area contributed by atoms with Crippen LogP contribution in [-0.2, 0) is 13.0 Å². The summed E-state index contributed by atoms with van der Waals surface area (Å²) in [4.78, 5) is 0. The van der Waals surface area contributed by atoms with Crippen LogP contribution >= 0.6 is 0 Å². The predicted molar refractivity (Wildman–Crippen MR) is 82.2 cm³/mol. The maximum Gasteiger partial charge on any atom is 0.118 e. The molecule has 2 heterocycles. The molecular weight excluding hydrogens is 246 g/mol. The van der Waals surface area contributed by atoms with Crippen molar-refractivity contribution in [2.75, 3.05) is 7.11 Å². The Kier molecular flexibility index (Phi) is 2.56. The van der Waals surface area contributed by atoms with Gasteiger partial charge in [0.05, 0.1) is 12.6 Å². The Morgan fingerprint density at radius 2 is 1.90 bits per heavy atom. The zero-order chi connectivity index (χ0) is 13.5. The zero-order valence-corrected chi connectivity index (χ0v) is 11.6. The van der Waals surface area contributed by atoms with Crippen molar-refractivity contribution in [2.45, 2.75) is 19.4 Å². The molecule has 20 heavy (non-hydrogen) atoms.